The van der Waals surface area contributed by atoms with Gasteiger partial charge in [0.2, 0.25) is 5.91 Å². The lowest BCUT2D eigenvalue weighted by Gasteiger charge is -2.18. The number of aliphatic carboxylic acids is 1. The van der Waals surface area contributed by atoms with Crippen LogP contribution in [0.2, 0.25) is 0 Å². The molecule has 6 nitrogen and oxygen atoms in total. The number of hydrogen-bond donors (Lipinski definition) is 2. The van der Waals surface area contributed by atoms with Crippen LogP contribution in [0.3, 0.4) is 0 Å². The van der Waals surface area contributed by atoms with E-state index in [-0.39, 0.29) is 24.5 Å². The van der Waals surface area contributed by atoms with Gasteiger partial charge in [-0.3, -0.25) is 4.79 Å². The molecule has 0 fully saturated rings. The molecule has 1 amide bonds. The number of rotatable bonds is 2. The number of carboxylic acid groups (broad SMARTS) is 1. The van der Waals surface area contributed by atoms with Crippen molar-refractivity contribution in [3.63, 3.8) is 0 Å². The van der Waals surface area contributed by atoms with E-state index in [0.717, 1.165) is 0 Å². The Labute approximate surface area is 103 Å². The summed E-state index contributed by atoms with van der Waals surface area (Å²) in [7, 11) is 1.59. The summed E-state index contributed by atoms with van der Waals surface area (Å²) in [5.41, 5.74) is 0.682. The number of hydrogen-bond acceptors (Lipinski definition) is 4. The zero-order valence-corrected chi connectivity index (χ0v) is 9.79. The Morgan fingerprint density at radius 1 is 1.50 bits per heavy atom. The van der Waals surface area contributed by atoms with Gasteiger partial charge in [-0.1, -0.05) is 6.07 Å². The van der Waals surface area contributed by atoms with Gasteiger partial charge in [0, 0.05) is 7.05 Å². The van der Waals surface area contributed by atoms with E-state index in [1.54, 1.807) is 13.1 Å². The Morgan fingerprint density at radius 2 is 2.22 bits per heavy atom. The predicted octanol–water partition coefficient (Wildman–Crippen LogP) is 0.550. The fraction of sp³-hybridized carbons (Fsp3) is 0.333. The third kappa shape index (κ3) is 2.14. The molecule has 1 aromatic carbocycles. The highest BCUT2D eigenvalue weighted by molar-refractivity contribution is 5.95. The Morgan fingerprint density at radius 3 is 2.89 bits per heavy atom. The molecule has 0 saturated carbocycles. The number of carbonyl (C=O) groups excluding carboxylic acids is 1. The highest BCUT2D eigenvalue weighted by atomic mass is 16.5. The maximum absolute atomic E-state index is 11.7. The topological polar surface area (TPSA) is 87.1 Å². The molecule has 1 aliphatic heterocycles. The van der Waals surface area contributed by atoms with Crippen LogP contribution in [0.25, 0.3) is 0 Å². The van der Waals surface area contributed by atoms with E-state index in [9.17, 15) is 14.7 Å². The largest absolute Gasteiger partial charge is 0.491 e. The van der Waals surface area contributed by atoms with E-state index in [1.165, 1.54) is 17.0 Å². The van der Waals surface area contributed by atoms with Crippen molar-refractivity contribution < 1.29 is 24.5 Å². The summed E-state index contributed by atoms with van der Waals surface area (Å²) in [5.74, 6) is -0.945. The fourth-order valence-corrected chi connectivity index (χ4v) is 1.78. The average molecular weight is 251 g/mol. The molecular formula is C12H13NO5. The average Bonchev–Trinajstić information content (AvgIpc) is 2.49. The third-order valence-corrected chi connectivity index (χ3v) is 2.84. The summed E-state index contributed by atoms with van der Waals surface area (Å²) in [4.78, 5) is 23.8. The highest BCUT2D eigenvalue weighted by Gasteiger charge is 2.23. The lowest BCUT2D eigenvalue weighted by atomic mass is 10.1. The molecule has 0 saturated heterocycles. The first-order valence-electron chi connectivity index (χ1n) is 5.45. The number of nitrogens with zero attached hydrogens (tertiary/aromatic N) is 1. The van der Waals surface area contributed by atoms with Crippen molar-refractivity contribution in [3.05, 3.63) is 23.8 Å². The SMILES string of the molecule is CN1C(=O)CCOc2ccc(C(O)C(=O)O)cc21. The summed E-state index contributed by atoms with van der Waals surface area (Å²) in [6.07, 6.45) is -1.34. The van der Waals surface area contributed by atoms with Gasteiger partial charge in [0.05, 0.1) is 18.7 Å². The Bertz CT molecular complexity index is 499. The lowest BCUT2D eigenvalue weighted by Crippen LogP contribution is -2.25. The normalized spacial score (nSPS) is 16.6. The monoisotopic (exact) mass is 251 g/mol. The van der Waals surface area contributed by atoms with Gasteiger partial charge in [0.15, 0.2) is 6.10 Å². The first-order valence-corrected chi connectivity index (χ1v) is 5.45. The van der Waals surface area contributed by atoms with Crippen molar-refractivity contribution >= 4 is 17.6 Å². The zero-order chi connectivity index (χ0) is 13.3. The minimum Gasteiger partial charge on any atom is -0.491 e. The summed E-state index contributed by atoms with van der Waals surface area (Å²) in [6, 6.07) is 4.49. The Balaban J connectivity index is 2.44. The molecule has 1 aliphatic rings. The molecule has 2 rings (SSSR count). The van der Waals surface area contributed by atoms with Crippen molar-refractivity contribution in [2.24, 2.45) is 0 Å². The van der Waals surface area contributed by atoms with Crippen LogP contribution in [0.15, 0.2) is 18.2 Å². The van der Waals surface area contributed by atoms with Crippen LogP contribution in [0.4, 0.5) is 5.69 Å². The number of anilines is 1. The van der Waals surface area contributed by atoms with Crippen molar-refractivity contribution in [3.8, 4) is 5.75 Å². The molecule has 2 N–H and O–H groups in total. The molecule has 0 aliphatic carbocycles. The summed E-state index contributed by atoms with van der Waals surface area (Å²) in [6.45, 7) is 0.289. The Hall–Kier alpha value is -2.08. The van der Waals surface area contributed by atoms with Gasteiger partial charge in [-0.05, 0) is 17.7 Å². The van der Waals surface area contributed by atoms with Crippen LogP contribution >= 0.6 is 0 Å². The van der Waals surface area contributed by atoms with Gasteiger partial charge in [-0.2, -0.15) is 0 Å². The number of carboxylic acids is 1. The summed E-state index contributed by atoms with van der Waals surface area (Å²) >= 11 is 0. The van der Waals surface area contributed by atoms with Gasteiger partial charge in [-0.25, -0.2) is 4.79 Å². The molecule has 1 heterocycles. The number of aliphatic hydroxyl groups excluding tert-OH is 1. The van der Waals surface area contributed by atoms with E-state index in [1.807, 2.05) is 0 Å². The summed E-state index contributed by atoms with van der Waals surface area (Å²) in [5, 5.41) is 18.2. The van der Waals surface area contributed by atoms with E-state index >= 15 is 0 Å². The quantitative estimate of drug-likeness (QED) is 0.801. The zero-order valence-electron chi connectivity index (χ0n) is 9.79. The number of carbonyl (C=O) groups is 2. The second kappa shape index (κ2) is 4.66. The van der Waals surface area contributed by atoms with Gasteiger partial charge in [-0.15, -0.1) is 0 Å². The molecule has 96 valence electrons. The number of fused-ring (bicyclic) bond motifs is 1. The molecule has 1 aromatic rings. The Kier molecular flexibility index (Phi) is 3.20. The number of amides is 1. The maximum Gasteiger partial charge on any atom is 0.337 e. The number of aliphatic hydroxyl groups is 1. The summed E-state index contributed by atoms with van der Waals surface area (Å²) < 4.78 is 5.39. The molecule has 18 heavy (non-hydrogen) atoms. The van der Waals surface area contributed by atoms with Gasteiger partial charge in [0.1, 0.15) is 5.75 Å². The first kappa shape index (κ1) is 12.4. The van der Waals surface area contributed by atoms with E-state index < -0.39 is 12.1 Å². The van der Waals surface area contributed by atoms with Gasteiger partial charge in [0.25, 0.3) is 0 Å². The molecule has 1 unspecified atom stereocenters. The first-order chi connectivity index (χ1) is 8.50. The minimum atomic E-state index is -1.61. The highest BCUT2D eigenvalue weighted by Crippen LogP contribution is 2.33. The van der Waals surface area contributed by atoms with Crippen LogP contribution in [0.1, 0.15) is 18.1 Å². The molecular weight excluding hydrogens is 238 g/mol. The van der Waals surface area contributed by atoms with Crippen LogP contribution in [0, 0.1) is 0 Å². The maximum atomic E-state index is 11.7. The minimum absolute atomic E-state index is 0.115. The third-order valence-electron chi connectivity index (χ3n) is 2.84. The van der Waals surface area contributed by atoms with Gasteiger partial charge < -0.3 is 19.8 Å². The molecule has 6 heteroatoms. The molecule has 0 bridgehead atoms. The molecule has 0 spiro atoms. The van der Waals surface area contributed by atoms with E-state index in [2.05, 4.69) is 0 Å². The van der Waals surface area contributed by atoms with Crippen LogP contribution in [-0.4, -0.2) is 35.7 Å². The number of benzene rings is 1. The van der Waals surface area contributed by atoms with E-state index in [0.29, 0.717) is 11.4 Å². The molecule has 0 radical (unpaired) electrons. The van der Waals surface area contributed by atoms with Gasteiger partial charge >= 0.3 is 5.97 Å². The van der Waals surface area contributed by atoms with E-state index in [4.69, 9.17) is 9.84 Å². The second-order valence-corrected chi connectivity index (χ2v) is 4.02. The molecule has 0 aromatic heterocycles. The van der Waals surface area contributed by atoms with Crippen molar-refractivity contribution in [1.82, 2.24) is 0 Å². The van der Waals surface area contributed by atoms with Crippen LogP contribution < -0.4 is 9.64 Å². The van der Waals surface area contributed by atoms with Crippen molar-refractivity contribution in [2.75, 3.05) is 18.6 Å². The smallest absolute Gasteiger partial charge is 0.337 e. The second-order valence-electron chi connectivity index (χ2n) is 4.02. The van der Waals surface area contributed by atoms with Crippen LogP contribution in [-0.2, 0) is 9.59 Å². The standard InChI is InChI=1S/C12H13NO5/c1-13-8-6-7(11(15)12(16)17)2-3-9(8)18-5-4-10(13)14/h2-3,6,11,15H,4-5H2,1H3,(H,16,17). The van der Waals surface area contributed by atoms with Crippen molar-refractivity contribution in [2.45, 2.75) is 12.5 Å². The fourth-order valence-electron chi connectivity index (χ4n) is 1.78. The lowest BCUT2D eigenvalue weighted by molar-refractivity contribution is -0.146. The number of ether oxygens (including phenoxy) is 1. The molecule has 1 atom stereocenters. The van der Waals surface area contributed by atoms with Crippen LogP contribution in [0.5, 0.6) is 5.75 Å². The predicted molar refractivity (Wildman–Crippen MR) is 62.6 cm³/mol. The van der Waals surface area contributed by atoms with Crippen molar-refractivity contribution in [1.29, 1.82) is 0 Å².